The lowest BCUT2D eigenvalue weighted by Gasteiger charge is -2.14. The average molecular weight is 829 g/mol. The minimum Gasteiger partial charge on any atom is -0.307 e. The molecule has 0 aliphatic heterocycles. The molecule has 0 spiro atoms. The van der Waals surface area contributed by atoms with Gasteiger partial charge in [0.15, 0.2) is 11.6 Å². The first-order valence-corrected chi connectivity index (χ1v) is 21.4. The van der Waals surface area contributed by atoms with Gasteiger partial charge in [-0.2, -0.15) is 9.97 Å². The number of thiophene rings is 1. The van der Waals surface area contributed by atoms with Gasteiger partial charge in [-0.15, -0.1) is 11.3 Å². The van der Waals surface area contributed by atoms with Crippen molar-refractivity contribution in [2.24, 2.45) is 0 Å². The molecular weight excluding hydrogens is 787 g/mol. The molecule has 0 amide bonds. The molecule has 0 fully saturated rings. The van der Waals surface area contributed by atoms with Gasteiger partial charge in [0.1, 0.15) is 0 Å². The summed E-state index contributed by atoms with van der Waals surface area (Å²) in [6.07, 6.45) is 0. The molecule has 4 aromatic heterocycles. The zero-order chi connectivity index (χ0) is 47.5. The highest BCUT2D eigenvalue weighted by atomic mass is 32.1. The number of rotatable bonds is 6. The van der Waals surface area contributed by atoms with E-state index in [0.29, 0.717) is 16.1 Å². The minimum atomic E-state index is -0.437. The molecule has 0 bridgehead atoms. The Hall–Kier alpha value is -8.19. The molecule has 6 heteroatoms. The Bertz CT molecular complexity index is 4340. The molecule has 0 saturated heterocycles. The summed E-state index contributed by atoms with van der Waals surface area (Å²) in [5, 5.41) is 4.30. The first-order chi connectivity index (χ1) is 34.2. The highest BCUT2D eigenvalue weighted by molar-refractivity contribution is 7.26. The van der Waals surface area contributed by atoms with E-state index in [4.69, 9.17) is 23.2 Å². The maximum absolute atomic E-state index is 9.45. The van der Waals surface area contributed by atoms with E-state index in [1.165, 1.54) is 0 Å². The van der Waals surface area contributed by atoms with E-state index in [2.05, 4.69) is 124 Å². The molecule has 0 aliphatic carbocycles. The lowest BCUT2D eigenvalue weighted by Crippen LogP contribution is -2.07. The molecule has 0 N–H and O–H groups in total. The zero-order valence-corrected chi connectivity index (χ0v) is 34.1. The van der Waals surface area contributed by atoms with Gasteiger partial charge in [0, 0.05) is 58.5 Å². The van der Waals surface area contributed by atoms with Crippen molar-refractivity contribution >= 4 is 75.1 Å². The SMILES string of the molecule is [2H]c1c([2H])c([2H])c2c(sc3c(-c4nc(-c5ccccc5)nc(-n5c6ccccc6c6ccc7c8ccccc8n(-c8cccc(-c9cccc(-c%10ccccc%10)c9)c8)c7c65)n4)c([2H])c([2H])c([2H])c32)c1[2H]. The van der Waals surface area contributed by atoms with E-state index in [1.807, 2.05) is 54.6 Å². The molecule has 294 valence electrons. The van der Waals surface area contributed by atoms with Crippen LogP contribution in [0.25, 0.3) is 120 Å². The fourth-order valence-corrected chi connectivity index (χ4v) is 10.1. The number of hydrogen-bond donors (Lipinski definition) is 0. The number of aromatic nitrogens is 5. The summed E-state index contributed by atoms with van der Waals surface area (Å²) in [4.78, 5) is 15.5. The van der Waals surface area contributed by atoms with Crippen LogP contribution in [0.1, 0.15) is 9.60 Å². The minimum absolute atomic E-state index is 0.0678. The van der Waals surface area contributed by atoms with Gasteiger partial charge in [-0.1, -0.05) is 170 Å². The fourth-order valence-electron chi connectivity index (χ4n) is 9.09. The van der Waals surface area contributed by atoms with Crippen LogP contribution in [0, 0.1) is 0 Å². The molecule has 4 heterocycles. The largest absolute Gasteiger partial charge is 0.307 e. The van der Waals surface area contributed by atoms with Crippen molar-refractivity contribution in [3.63, 3.8) is 0 Å². The van der Waals surface area contributed by atoms with Crippen molar-refractivity contribution in [3.8, 4) is 56.7 Å². The third-order valence-corrected chi connectivity index (χ3v) is 13.0. The third-order valence-electron chi connectivity index (χ3n) is 11.9. The van der Waals surface area contributed by atoms with Crippen molar-refractivity contribution in [1.82, 2.24) is 24.1 Å². The third kappa shape index (κ3) is 5.66. The van der Waals surface area contributed by atoms with E-state index in [-0.39, 0.29) is 57.0 Å². The molecule has 0 aliphatic rings. The van der Waals surface area contributed by atoms with E-state index in [9.17, 15) is 1.37 Å². The Morgan fingerprint density at radius 3 is 1.73 bits per heavy atom. The fraction of sp³-hybridized carbons (Fsp3) is 0. The van der Waals surface area contributed by atoms with Crippen molar-refractivity contribution < 1.29 is 9.60 Å². The molecule has 0 radical (unpaired) electrons. The van der Waals surface area contributed by atoms with Gasteiger partial charge in [0.05, 0.1) is 31.7 Å². The maximum atomic E-state index is 9.45. The van der Waals surface area contributed by atoms with Crippen molar-refractivity contribution in [1.29, 1.82) is 0 Å². The Morgan fingerprint density at radius 1 is 0.397 bits per heavy atom. The van der Waals surface area contributed by atoms with Gasteiger partial charge in [-0.05, 0) is 64.7 Å². The maximum Gasteiger partial charge on any atom is 0.238 e. The lowest BCUT2D eigenvalue weighted by molar-refractivity contribution is 0.954. The van der Waals surface area contributed by atoms with Crippen LogP contribution in [0.3, 0.4) is 0 Å². The highest BCUT2D eigenvalue weighted by Crippen LogP contribution is 2.43. The van der Waals surface area contributed by atoms with Crippen LogP contribution in [-0.2, 0) is 0 Å². The highest BCUT2D eigenvalue weighted by Gasteiger charge is 2.24. The normalized spacial score (nSPS) is 13.4. The molecule has 0 unspecified atom stereocenters. The number of nitrogens with zero attached hydrogens (tertiary/aromatic N) is 5. The summed E-state index contributed by atoms with van der Waals surface area (Å²) >= 11 is 1.05. The number of benzene rings is 9. The van der Waals surface area contributed by atoms with Gasteiger partial charge in [0.25, 0.3) is 0 Å². The van der Waals surface area contributed by atoms with E-state index >= 15 is 0 Å². The number of fused-ring (bicyclic) bond motifs is 10. The lowest BCUT2D eigenvalue weighted by atomic mass is 9.99. The van der Waals surface area contributed by atoms with Gasteiger partial charge in [-0.25, -0.2) is 4.98 Å². The van der Waals surface area contributed by atoms with Crippen molar-refractivity contribution in [2.45, 2.75) is 0 Å². The first kappa shape index (κ1) is 29.1. The van der Waals surface area contributed by atoms with Gasteiger partial charge >= 0.3 is 0 Å². The topological polar surface area (TPSA) is 48.5 Å². The Morgan fingerprint density at radius 2 is 0.968 bits per heavy atom. The molecule has 63 heavy (non-hydrogen) atoms. The molecule has 5 nitrogen and oxygen atoms in total. The molecule has 13 aromatic rings. The van der Waals surface area contributed by atoms with Crippen LogP contribution in [0.4, 0.5) is 0 Å². The quantitative estimate of drug-likeness (QED) is 0.168. The molecule has 0 saturated carbocycles. The molecule has 9 aromatic carbocycles. The number of para-hydroxylation sites is 2. The Kier molecular flexibility index (Phi) is 6.57. The van der Waals surface area contributed by atoms with Gasteiger partial charge < -0.3 is 4.57 Å². The summed E-state index contributed by atoms with van der Waals surface area (Å²) in [7, 11) is 0. The van der Waals surface area contributed by atoms with E-state index < -0.39 is 18.1 Å². The van der Waals surface area contributed by atoms with Crippen LogP contribution < -0.4 is 0 Å². The second-order valence-electron chi connectivity index (χ2n) is 15.5. The van der Waals surface area contributed by atoms with E-state index in [1.54, 1.807) is 0 Å². The van der Waals surface area contributed by atoms with Crippen LogP contribution in [-0.4, -0.2) is 24.1 Å². The summed E-state index contributed by atoms with van der Waals surface area (Å²) in [6.45, 7) is 0. The molecule has 0 atom stereocenters. The second-order valence-corrected chi connectivity index (χ2v) is 16.5. The van der Waals surface area contributed by atoms with Crippen LogP contribution in [0.15, 0.2) is 212 Å². The average Bonchev–Trinajstić information content (AvgIpc) is 4.09. The molecule has 13 rings (SSSR count). The Balaban J connectivity index is 1.13. The predicted molar refractivity (Wildman–Crippen MR) is 263 cm³/mol. The molecular formula is C57H35N5S. The van der Waals surface area contributed by atoms with Crippen molar-refractivity contribution in [2.75, 3.05) is 0 Å². The van der Waals surface area contributed by atoms with Crippen LogP contribution in [0.2, 0.25) is 0 Å². The van der Waals surface area contributed by atoms with Crippen LogP contribution >= 0.6 is 11.3 Å². The Labute approximate surface area is 376 Å². The summed E-state index contributed by atoms with van der Waals surface area (Å²) in [5.41, 5.74) is 9.80. The number of hydrogen-bond acceptors (Lipinski definition) is 4. The summed E-state index contributed by atoms with van der Waals surface area (Å²) < 4.78 is 67.3. The standard InChI is InChI=1S/C57H35N5S/c1-3-16-36(17-4-1)38-20-13-21-39(34-38)40-22-14-23-41(35-40)61-49-29-10-7-24-42(49)45-32-33-46-43-25-8-11-30-50(43)62(53(46)52(45)61)57-59-55(37-18-5-2-6-19-37)58-56(60-57)48-28-15-27-47-44-26-9-12-31-51(44)63-54(47)48/h1-35H/i9D,12D,15D,26D,27D,28D,31D. The van der Waals surface area contributed by atoms with Gasteiger partial charge in [-0.3, -0.25) is 4.57 Å². The second kappa shape index (κ2) is 14.2. The zero-order valence-electron chi connectivity index (χ0n) is 40.3. The summed E-state index contributed by atoms with van der Waals surface area (Å²) in [6, 6.07) is 55.5. The predicted octanol–water partition coefficient (Wildman–Crippen LogP) is 15.1. The monoisotopic (exact) mass is 828 g/mol. The van der Waals surface area contributed by atoms with E-state index in [0.717, 1.165) is 82.9 Å². The summed E-state index contributed by atoms with van der Waals surface area (Å²) in [5.74, 6) is 0.632. The van der Waals surface area contributed by atoms with Crippen molar-refractivity contribution in [3.05, 3.63) is 212 Å². The van der Waals surface area contributed by atoms with Crippen LogP contribution in [0.5, 0.6) is 0 Å². The first-order valence-electron chi connectivity index (χ1n) is 24.1. The smallest absolute Gasteiger partial charge is 0.238 e. The van der Waals surface area contributed by atoms with Gasteiger partial charge in [0.2, 0.25) is 5.95 Å².